The first-order valence-corrected chi connectivity index (χ1v) is 4.15. The molecule has 1 rings (SSSR count). The summed E-state index contributed by atoms with van der Waals surface area (Å²) in [6.07, 6.45) is -7.71. The second kappa shape index (κ2) is 4.53. The Hall–Kier alpha value is -1.91. The summed E-state index contributed by atoms with van der Waals surface area (Å²) in [5.74, 6) is -0.904. The van der Waals surface area contributed by atoms with Crippen LogP contribution in [0, 0.1) is 11.3 Å². The first-order chi connectivity index (χ1) is 7.82. The van der Waals surface area contributed by atoms with Crippen LogP contribution in [0.2, 0.25) is 0 Å². The van der Waals surface area contributed by atoms with Crippen molar-refractivity contribution in [3.63, 3.8) is 0 Å². The molecule has 1 aromatic rings. The molecule has 0 aliphatic heterocycles. The summed E-state index contributed by atoms with van der Waals surface area (Å²) in [4.78, 5) is 3.12. The largest absolute Gasteiger partial charge is 0.481 e. The number of methoxy groups -OCH3 is 1. The molecule has 0 amide bonds. The summed E-state index contributed by atoms with van der Waals surface area (Å²) in [6.45, 7) is 0. The predicted octanol–water partition coefficient (Wildman–Crippen LogP) is 2.92. The minimum Gasteiger partial charge on any atom is -0.481 e. The maximum absolute atomic E-state index is 12.6. The molecule has 0 saturated heterocycles. The van der Waals surface area contributed by atoms with Gasteiger partial charge in [-0.2, -0.15) is 18.4 Å². The second-order valence-corrected chi connectivity index (χ2v) is 2.88. The maximum atomic E-state index is 12.6. The van der Waals surface area contributed by atoms with E-state index in [-0.39, 0.29) is 0 Å². The number of ether oxygens (including phenoxy) is 1. The molecule has 8 heteroatoms. The number of halogens is 5. The van der Waals surface area contributed by atoms with E-state index in [0.29, 0.717) is 6.20 Å². The number of hydrogen-bond donors (Lipinski definition) is 0. The van der Waals surface area contributed by atoms with Gasteiger partial charge in [0.1, 0.15) is 11.6 Å². The Morgan fingerprint density at radius 2 is 2.00 bits per heavy atom. The van der Waals surface area contributed by atoms with Crippen molar-refractivity contribution >= 4 is 0 Å². The van der Waals surface area contributed by atoms with Crippen molar-refractivity contribution in [2.24, 2.45) is 0 Å². The molecule has 0 bridgehead atoms. The molecule has 0 atom stereocenters. The second-order valence-electron chi connectivity index (χ2n) is 2.88. The third-order valence-electron chi connectivity index (χ3n) is 1.90. The van der Waals surface area contributed by atoms with Crippen molar-refractivity contribution in [3.05, 3.63) is 22.9 Å². The van der Waals surface area contributed by atoms with E-state index < -0.39 is 35.2 Å². The van der Waals surface area contributed by atoms with Gasteiger partial charge in [0.2, 0.25) is 5.88 Å². The Labute approximate surface area is 92.4 Å². The normalized spacial score (nSPS) is 11.4. The third kappa shape index (κ3) is 2.43. The SMILES string of the molecule is COc1ncc(C(F)F)c(C#N)c1C(F)(F)F. The molecule has 0 unspecified atom stereocenters. The van der Waals surface area contributed by atoms with Gasteiger partial charge in [0.15, 0.2) is 0 Å². The van der Waals surface area contributed by atoms with E-state index in [1.165, 1.54) is 0 Å². The molecule has 0 spiro atoms. The molecule has 3 nitrogen and oxygen atoms in total. The highest BCUT2D eigenvalue weighted by molar-refractivity contribution is 5.49. The number of aromatic nitrogens is 1. The summed E-state index contributed by atoms with van der Waals surface area (Å²) in [6, 6.07) is 1.11. The zero-order valence-corrected chi connectivity index (χ0v) is 8.35. The zero-order chi connectivity index (χ0) is 13.2. The van der Waals surface area contributed by atoms with E-state index in [9.17, 15) is 22.0 Å². The van der Waals surface area contributed by atoms with Gasteiger partial charge in [0.25, 0.3) is 6.43 Å². The van der Waals surface area contributed by atoms with Crippen LogP contribution >= 0.6 is 0 Å². The Bertz CT molecular complexity index is 464. The zero-order valence-electron chi connectivity index (χ0n) is 8.35. The van der Waals surface area contributed by atoms with Crippen LogP contribution in [0.25, 0.3) is 0 Å². The average molecular weight is 252 g/mol. The fourth-order valence-corrected chi connectivity index (χ4v) is 1.21. The summed E-state index contributed by atoms with van der Waals surface area (Å²) in [7, 11) is 0.904. The van der Waals surface area contributed by atoms with Crippen LogP contribution in [-0.4, -0.2) is 12.1 Å². The van der Waals surface area contributed by atoms with Gasteiger partial charge in [0, 0.05) is 6.20 Å². The van der Waals surface area contributed by atoms with Crippen LogP contribution in [0.3, 0.4) is 0 Å². The molecule has 0 aromatic carbocycles. The minimum atomic E-state index is -4.99. The molecule has 0 radical (unpaired) electrons. The fourth-order valence-electron chi connectivity index (χ4n) is 1.21. The lowest BCUT2D eigenvalue weighted by atomic mass is 10.0. The van der Waals surface area contributed by atoms with Crippen LogP contribution in [0.5, 0.6) is 5.88 Å². The Morgan fingerprint density at radius 3 is 2.35 bits per heavy atom. The van der Waals surface area contributed by atoms with Crippen molar-refractivity contribution in [1.82, 2.24) is 4.98 Å². The van der Waals surface area contributed by atoms with E-state index in [1.807, 2.05) is 0 Å². The third-order valence-corrected chi connectivity index (χ3v) is 1.90. The van der Waals surface area contributed by atoms with E-state index in [1.54, 1.807) is 0 Å². The highest BCUT2D eigenvalue weighted by Crippen LogP contribution is 2.40. The van der Waals surface area contributed by atoms with Crippen molar-refractivity contribution in [3.8, 4) is 11.9 Å². The van der Waals surface area contributed by atoms with E-state index in [2.05, 4.69) is 9.72 Å². The molecule has 0 aliphatic carbocycles. The lowest BCUT2D eigenvalue weighted by molar-refractivity contribution is -0.139. The number of rotatable bonds is 2. The van der Waals surface area contributed by atoms with Crippen LogP contribution in [-0.2, 0) is 6.18 Å². The Morgan fingerprint density at radius 1 is 1.41 bits per heavy atom. The van der Waals surface area contributed by atoms with Crippen molar-refractivity contribution in [2.75, 3.05) is 7.11 Å². The van der Waals surface area contributed by atoms with Crippen molar-refractivity contribution < 1.29 is 26.7 Å². The topological polar surface area (TPSA) is 45.9 Å². The van der Waals surface area contributed by atoms with Gasteiger partial charge >= 0.3 is 6.18 Å². The summed E-state index contributed by atoms with van der Waals surface area (Å²) in [5, 5.41) is 8.56. The van der Waals surface area contributed by atoms with E-state index in [4.69, 9.17) is 5.26 Å². The molecule has 0 saturated carbocycles. The van der Waals surface area contributed by atoms with Crippen LogP contribution in [0.1, 0.15) is 23.1 Å². The number of hydrogen-bond acceptors (Lipinski definition) is 3. The maximum Gasteiger partial charge on any atom is 0.422 e. The van der Waals surface area contributed by atoms with Gasteiger partial charge in [0.05, 0.1) is 18.2 Å². The lowest BCUT2D eigenvalue weighted by Crippen LogP contribution is -2.13. The minimum absolute atomic E-state index is 0.497. The molecule has 92 valence electrons. The Kier molecular flexibility index (Phi) is 3.50. The smallest absolute Gasteiger partial charge is 0.422 e. The first-order valence-electron chi connectivity index (χ1n) is 4.15. The van der Waals surface area contributed by atoms with Crippen LogP contribution < -0.4 is 4.74 Å². The number of nitriles is 1. The van der Waals surface area contributed by atoms with Gasteiger partial charge < -0.3 is 4.74 Å². The first kappa shape index (κ1) is 13.2. The van der Waals surface area contributed by atoms with Crippen molar-refractivity contribution in [2.45, 2.75) is 12.6 Å². The molecule has 1 heterocycles. The Balaban J connectivity index is 3.63. The van der Waals surface area contributed by atoms with Gasteiger partial charge in [-0.15, -0.1) is 0 Å². The van der Waals surface area contributed by atoms with Crippen molar-refractivity contribution in [1.29, 1.82) is 5.26 Å². The predicted molar refractivity (Wildman–Crippen MR) is 45.5 cm³/mol. The summed E-state index contributed by atoms with van der Waals surface area (Å²) in [5.41, 5.74) is -3.82. The van der Waals surface area contributed by atoms with Gasteiger partial charge in [-0.05, 0) is 0 Å². The molecule has 0 N–H and O–H groups in total. The number of nitrogens with zero attached hydrogens (tertiary/aromatic N) is 2. The molecule has 17 heavy (non-hydrogen) atoms. The summed E-state index contributed by atoms with van der Waals surface area (Å²) < 4.78 is 67.0. The van der Waals surface area contributed by atoms with E-state index in [0.717, 1.165) is 13.2 Å². The quantitative estimate of drug-likeness (QED) is 0.760. The fraction of sp³-hybridized carbons (Fsp3) is 0.333. The summed E-state index contributed by atoms with van der Waals surface area (Å²) >= 11 is 0. The number of alkyl halides is 5. The molecular weight excluding hydrogens is 247 g/mol. The standard InChI is InChI=1S/C9H5F5N2O/c1-17-8-6(9(12,13)14)4(2-15)5(3-16-8)7(10)11/h3,7H,1H3. The van der Waals surface area contributed by atoms with Gasteiger partial charge in [-0.3, -0.25) is 0 Å². The monoisotopic (exact) mass is 252 g/mol. The van der Waals surface area contributed by atoms with Gasteiger partial charge in [-0.25, -0.2) is 13.8 Å². The molecule has 0 fully saturated rings. The van der Waals surface area contributed by atoms with Crippen LogP contribution in [0.4, 0.5) is 22.0 Å². The van der Waals surface area contributed by atoms with Gasteiger partial charge in [-0.1, -0.05) is 0 Å². The highest BCUT2D eigenvalue weighted by Gasteiger charge is 2.40. The van der Waals surface area contributed by atoms with Crippen LogP contribution in [0.15, 0.2) is 6.20 Å². The molecular formula is C9H5F5N2O. The number of pyridine rings is 1. The molecule has 0 aliphatic rings. The molecule has 1 aromatic heterocycles. The lowest BCUT2D eigenvalue weighted by Gasteiger charge is -2.14. The highest BCUT2D eigenvalue weighted by atomic mass is 19.4. The average Bonchev–Trinajstić information content (AvgIpc) is 2.25. The van der Waals surface area contributed by atoms with E-state index >= 15 is 0 Å².